The third kappa shape index (κ3) is 3.93. The summed E-state index contributed by atoms with van der Waals surface area (Å²) in [5, 5.41) is 0. The van der Waals surface area contributed by atoms with Crippen LogP contribution < -0.4 is 9.47 Å². The van der Waals surface area contributed by atoms with Gasteiger partial charge in [-0.25, -0.2) is 4.79 Å². The summed E-state index contributed by atoms with van der Waals surface area (Å²) in [6, 6.07) is 18.9. The Labute approximate surface area is 192 Å². The van der Waals surface area contributed by atoms with Gasteiger partial charge < -0.3 is 19.1 Å². The first kappa shape index (κ1) is 21.1. The topological polar surface area (TPSA) is 65.1 Å². The fraction of sp³-hybridized carbons (Fsp3) is 0.259. The lowest BCUT2D eigenvalue weighted by molar-refractivity contribution is 0.0252. The Balaban J connectivity index is 1.39. The maximum Gasteiger partial charge on any atom is 0.339 e. The van der Waals surface area contributed by atoms with Gasteiger partial charge in [-0.2, -0.15) is 0 Å². The number of carbonyl (C=O) groups excluding carboxylic acids is 2. The van der Waals surface area contributed by atoms with Crippen molar-refractivity contribution in [3.8, 4) is 11.5 Å². The molecule has 6 heteroatoms. The largest absolute Gasteiger partial charge is 0.493 e. The highest BCUT2D eigenvalue weighted by Gasteiger charge is 2.29. The molecule has 168 valence electrons. The molecule has 0 N–H and O–H groups in total. The summed E-state index contributed by atoms with van der Waals surface area (Å²) < 4.78 is 16.5. The lowest BCUT2D eigenvalue weighted by Crippen LogP contribution is -2.36. The van der Waals surface area contributed by atoms with Gasteiger partial charge in [0.15, 0.2) is 11.5 Å². The number of esters is 1. The molecule has 5 rings (SSSR count). The van der Waals surface area contributed by atoms with Crippen LogP contribution in [0.1, 0.15) is 49.1 Å². The summed E-state index contributed by atoms with van der Waals surface area (Å²) in [4.78, 5) is 27.8. The van der Waals surface area contributed by atoms with E-state index in [1.54, 1.807) is 26.4 Å². The molecule has 0 bridgehead atoms. The van der Waals surface area contributed by atoms with Gasteiger partial charge in [0, 0.05) is 25.1 Å². The molecular formula is C27H25NO5. The highest BCUT2D eigenvalue weighted by atomic mass is 16.5. The zero-order valence-electron chi connectivity index (χ0n) is 18.7. The van der Waals surface area contributed by atoms with Crippen LogP contribution in [0.4, 0.5) is 0 Å². The Morgan fingerprint density at radius 2 is 1.67 bits per heavy atom. The Hall–Kier alpha value is -3.80. The van der Waals surface area contributed by atoms with E-state index in [4.69, 9.17) is 14.2 Å². The second-order valence-electron chi connectivity index (χ2n) is 8.33. The molecule has 0 radical (unpaired) electrons. The monoisotopic (exact) mass is 443 g/mol. The molecule has 6 nitrogen and oxygen atoms in total. The van der Waals surface area contributed by atoms with E-state index in [1.807, 2.05) is 53.4 Å². The third-order valence-corrected chi connectivity index (χ3v) is 6.40. The quantitative estimate of drug-likeness (QED) is 0.561. The molecular weight excluding hydrogens is 418 g/mol. The normalized spacial score (nSPS) is 17.0. The molecule has 0 aromatic heterocycles. The molecule has 3 aromatic rings. The number of rotatable bonds is 4. The number of fused-ring (bicyclic) bond motifs is 2. The van der Waals surface area contributed by atoms with Crippen LogP contribution in [0.25, 0.3) is 0 Å². The number of cyclic esters (lactones) is 1. The van der Waals surface area contributed by atoms with Crippen LogP contribution in [-0.2, 0) is 24.1 Å². The number of hydrogen-bond donors (Lipinski definition) is 0. The zero-order chi connectivity index (χ0) is 22.9. The van der Waals surface area contributed by atoms with Crippen LogP contribution >= 0.6 is 0 Å². The second-order valence-corrected chi connectivity index (χ2v) is 8.33. The summed E-state index contributed by atoms with van der Waals surface area (Å²) in [6.45, 7) is 1.12. The number of carbonyl (C=O) groups is 2. The molecule has 3 aromatic carbocycles. The van der Waals surface area contributed by atoms with Gasteiger partial charge in [0.2, 0.25) is 0 Å². The van der Waals surface area contributed by atoms with Crippen molar-refractivity contribution in [1.82, 2.24) is 4.90 Å². The van der Waals surface area contributed by atoms with E-state index in [9.17, 15) is 9.59 Å². The number of hydrogen-bond acceptors (Lipinski definition) is 5. The van der Waals surface area contributed by atoms with Crippen molar-refractivity contribution in [2.75, 3.05) is 20.8 Å². The van der Waals surface area contributed by atoms with Gasteiger partial charge in [0.25, 0.3) is 5.91 Å². The van der Waals surface area contributed by atoms with Crippen LogP contribution in [0.5, 0.6) is 11.5 Å². The average Bonchev–Trinajstić information content (AvgIpc) is 2.87. The summed E-state index contributed by atoms with van der Waals surface area (Å²) in [5.41, 5.74) is 5.12. The molecule has 0 unspecified atom stereocenters. The molecule has 2 aliphatic rings. The molecule has 0 fully saturated rings. The van der Waals surface area contributed by atoms with Crippen molar-refractivity contribution in [2.45, 2.75) is 25.5 Å². The van der Waals surface area contributed by atoms with E-state index >= 15 is 0 Å². The molecule has 0 saturated heterocycles. The average molecular weight is 443 g/mol. The number of amides is 1. The minimum Gasteiger partial charge on any atom is -0.493 e. The number of benzene rings is 3. The van der Waals surface area contributed by atoms with Crippen molar-refractivity contribution in [1.29, 1.82) is 0 Å². The highest BCUT2D eigenvalue weighted by molar-refractivity contribution is 5.98. The fourth-order valence-electron chi connectivity index (χ4n) is 4.62. The maximum atomic E-state index is 13.4. The van der Waals surface area contributed by atoms with E-state index < -0.39 is 0 Å². The molecule has 1 amide bonds. The van der Waals surface area contributed by atoms with Gasteiger partial charge in [-0.05, 0) is 59.0 Å². The van der Waals surface area contributed by atoms with Crippen molar-refractivity contribution in [3.05, 3.63) is 94.0 Å². The first-order chi connectivity index (χ1) is 16.1. The van der Waals surface area contributed by atoms with E-state index in [-0.39, 0.29) is 18.0 Å². The summed E-state index contributed by atoms with van der Waals surface area (Å²) in [5.74, 6) is 0.959. The fourth-order valence-corrected chi connectivity index (χ4v) is 4.62. The summed E-state index contributed by atoms with van der Waals surface area (Å²) >= 11 is 0. The van der Waals surface area contributed by atoms with E-state index in [2.05, 4.69) is 0 Å². The summed E-state index contributed by atoms with van der Waals surface area (Å²) in [7, 11) is 3.23. The minimum atomic E-state index is -0.350. The van der Waals surface area contributed by atoms with Crippen molar-refractivity contribution < 1.29 is 23.8 Å². The van der Waals surface area contributed by atoms with Crippen LogP contribution in [0.15, 0.2) is 60.7 Å². The van der Waals surface area contributed by atoms with Crippen LogP contribution in [0.2, 0.25) is 0 Å². The molecule has 0 aliphatic carbocycles. The Bertz CT molecular complexity index is 1220. The van der Waals surface area contributed by atoms with E-state index in [0.29, 0.717) is 42.1 Å². The first-order valence-electron chi connectivity index (χ1n) is 11.0. The van der Waals surface area contributed by atoms with Gasteiger partial charge in [0.05, 0.1) is 19.8 Å². The van der Waals surface area contributed by atoms with Crippen molar-refractivity contribution >= 4 is 11.9 Å². The smallest absolute Gasteiger partial charge is 0.339 e. The molecule has 1 atom stereocenters. The predicted octanol–water partition coefficient (Wildman–Crippen LogP) is 4.36. The molecule has 0 spiro atoms. The van der Waals surface area contributed by atoms with Crippen LogP contribution in [0.3, 0.4) is 0 Å². The number of ether oxygens (including phenoxy) is 3. The standard InChI is InChI=1S/C27H25NO5/c1-31-24-13-18-10-11-28(16-21(18)15-25(24)32-2)26(29)19-8-9-22-20(12-19)14-23(33-27(22)30)17-6-4-3-5-7-17/h3-9,12-13,15,23H,10-11,14,16H2,1-2H3/t23-/m0/s1. The minimum absolute atomic E-state index is 0.0477. The SMILES string of the molecule is COc1cc2c(cc1OC)CN(C(=O)c1ccc3c(c1)C[C@@H](c1ccccc1)OC3=O)CC2. The molecule has 2 aliphatic heterocycles. The summed E-state index contributed by atoms with van der Waals surface area (Å²) in [6.07, 6.45) is 0.946. The van der Waals surface area contributed by atoms with Gasteiger partial charge >= 0.3 is 5.97 Å². The Morgan fingerprint density at radius 3 is 2.39 bits per heavy atom. The van der Waals surface area contributed by atoms with E-state index in [0.717, 1.165) is 28.7 Å². The van der Waals surface area contributed by atoms with Crippen LogP contribution in [0, 0.1) is 0 Å². The lowest BCUT2D eigenvalue weighted by Gasteiger charge is -2.30. The Morgan fingerprint density at radius 1 is 0.939 bits per heavy atom. The van der Waals surface area contributed by atoms with Gasteiger partial charge in [0.1, 0.15) is 6.10 Å². The zero-order valence-corrected chi connectivity index (χ0v) is 18.7. The van der Waals surface area contributed by atoms with Crippen molar-refractivity contribution in [3.63, 3.8) is 0 Å². The highest BCUT2D eigenvalue weighted by Crippen LogP contribution is 2.34. The number of methoxy groups -OCH3 is 2. The van der Waals surface area contributed by atoms with Gasteiger partial charge in [-0.15, -0.1) is 0 Å². The molecule has 33 heavy (non-hydrogen) atoms. The Kier molecular flexibility index (Phi) is 5.50. The third-order valence-electron chi connectivity index (χ3n) is 6.40. The first-order valence-corrected chi connectivity index (χ1v) is 11.0. The molecule has 0 saturated carbocycles. The number of nitrogens with zero attached hydrogens (tertiary/aromatic N) is 1. The van der Waals surface area contributed by atoms with Crippen LogP contribution in [-0.4, -0.2) is 37.5 Å². The second kappa shape index (κ2) is 8.62. The maximum absolute atomic E-state index is 13.4. The lowest BCUT2D eigenvalue weighted by atomic mass is 9.92. The van der Waals surface area contributed by atoms with Gasteiger partial charge in [-0.1, -0.05) is 30.3 Å². The molecule has 2 heterocycles. The van der Waals surface area contributed by atoms with Crippen molar-refractivity contribution in [2.24, 2.45) is 0 Å². The van der Waals surface area contributed by atoms with Gasteiger partial charge in [-0.3, -0.25) is 4.79 Å². The van der Waals surface area contributed by atoms with E-state index in [1.165, 1.54) is 0 Å². The predicted molar refractivity (Wildman–Crippen MR) is 123 cm³/mol.